The van der Waals surface area contributed by atoms with E-state index >= 15 is 0 Å². The third-order valence-corrected chi connectivity index (χ3v) is 1.94. The van der Waals surface area contributed by atoms with Crippen LogP contribution in [0.2, 0.25) is 0 Å². The van der Waals surface area contributed by atoms with E-state index in [9.17, 15) is 5.21 Å². The van der Waals surface area contributed by atoms with Crippen molar-refractivity contribution in [1.29, 1.82) is 0 Å². The van der Waals surface area contributed by atoms with Crippen LogP contribution in [0.5, 0.6) is 0 Å². The van der Waals surface area contributed by atoms with E-state index in [4.69, 9.17) is 0 Å². The molecular formula is C10H22NO+. The molecule has 0 saturated carbocycles. The lowest BCUT2D eigenvalue weighted by Gasteiger charge is -2.11. The maximum atomic E-state index is 9.72. The van der Waals surface area contributed by atoms with Gasteiger partial charge in [0.25, 0.3) is 0 Å². The van der Waals surface area contributed by atoms with E-state index in [0.29, 0.717) is 11.8 Å². The Bertz CT molecular complexity index is 159. The minimum absolute atomic E-state index is 0.171. The number of nitrogens with zero attached hydrogens (tertiary/aromatic N) is 1. The number of hydroxylamine groups is 1. The van der Waals surface area contributed by atoms with Gasteiger partial charge in [0.2, 0.25) is 5.71 Å². The zero-order chi connectivity index (χ0) is 9.89. The predicted molar refractivity (Wildman–Crippen MR) is 51.9 cm³/mol. The quantitative estimate of drug-likeness (QED) is 0.301. The van der Waals surface area contributed by atoms with Gasteiger partial charge in [-0.05, 0) is 4.74 Å². The van der Waals surface area contributed by atoms with Gasteiger partial charge in [0.15, 0.2) is 6.04 Å². The zero-order valence-corrected chi connectivity index (χ0v) is 9.13. The molecule has 0 bridgehead atoms. The Hall–Kier alpha value is -0.530. The molecule has 0 atom stereocenters. The summed E-state index contributed by atoms with van der Waals surface area (Å²) in [5, 5.41) is 9.72. The van der Waals surface area contributed by atoms with Crippen molar-refractivity contribution in [3.63, 3.8) is 0 Å². The summed E-state index contributed by atoms with van der Waals surface area (Å²) in [6.45, 7) is 12.4. The number of hydrogen-bond acceptors (Lipinski definition) is 1. The van der Waals surface area contributed by atoms with Gasteiger partial charge in [-0.3, -0.25) is 5.21 Å². The average molecular weight is 172 g/mol. The van der Waals surface area contributed by atoms with E-state index in [1.807, 2.05) is 13.8 Å². The highest BCUT2D eigenvalue weighted by molar-refractivity contribution is 5.83. The Morgan fingerprint density at radius 3 is 1.33 bits per heavy atom. The molecule has 0 aromatic carbocycles. The van der Waals surface area contributed by atoms with Crippen LogP contribution in [0.25, 0.3) is 0 Å². The fourth-order valence-electron chi connectivity index (χ4n) is 1.49. The molecule has 72 valence electrons. The summed E-state index contributed by atoms with van der Waals surface area (Å²) in [6, 6.07) is 0.171. The summed E-state index contributed by atoms with van der Waals surface area (Å²) in [7, 11) is 0. The second kappa shape index (κ2) is 4.48. The summed E-state index contributed by atoms with van der Waals surface area (Å²) >= 11 is 0. The van der Waals surface area contributed by atoms with E-state index in [2.05, 4.69) is 27.7 Å². The van der Waals surface area contributed by atoms with Gasteiger partial charge >= 0.3 is 0 Å². The Labute approximate surface area is 75.9 Å². The third kappa shape index (κ3) is 2.84. The van der Waals surface area contributed by atoms with Crippen LogP contribution in [-0.2, 0) is 0 Å². The summed E-state index contributed by atoms with van der Waals surface area (Å²) in [5.41, 5.74) is 1.12. The standard InChI is InChI=1S/C10H22NO/c1-7(2)10(8(3)4)11(12)9(5)6/h7-9,12H,1-6H3/q+1. The number of hydrogen-bond donors (Lipinski definition) is 1. The molecular weight excluding hydrogens is 150 g/mol. The molecule has 12 heavy (non-hydrogen) atoms. The first-order valence-corrected chi connectivity index (χ1v) is 4.72. The summed E-state index contributed by atoms with van der Waals surface area (Å²) in [5.74, 6) is 0.829. The van der Waals surface area contributed by atoms with Gasteiger partial charge in [-0.25, -0.2) is 0 Å². The molecule has 0 heterocycles. The molecule has 0 aromatic heterocycles. The first kappa shape index (κ1) is 11.5. The van der Waals surface area contributed by atoms with Crippen LogP contribution in [-0.4, -0.2) is 21.7 Å². The summed E-state index contributed by atoms with van der Waals surface area (Å²) in [6.07, 6.45) is 0. The fourth-order valence-corrected chi connectivity index (χ4v) is 1.49. The van der Waals surface area contributed by atoms with Gasteiger partial charge in [-0.15, -0.1) is 0 Å². The lowest BCUT2D eigenvalue weighted by Crippen LogP contribution is -2.31. The van der Waals surface area contributed by atoms with Crippen LogP contribution >= 0.6 is 0 Å². The molecule has 0 radical (unpaired) electrons. The lowest BCUT2D eigenvalue weighted by molar-refractivity contribution is -0.797. The highest BCUT2D eigenvalue weighted by Crippen LogP contribution is 2.08. The summed E-state index contributed by atoms with van der Waals surface area (Å²) < 4.78 is 1.40. The van der Waals surface area contributed by atoms with Crippen molar-refractivity contribution in [2.75, 3.05) is 0 Å². The SMILES string of the molecule is CC(C)C(C(C)C)=[N+](O)C(C)C. The largest absolute Gasteiger partial charge is 0.291 e. The smallest absolute Gasteiger partial charge is 0.209 e. The Balaban J connectivity index is 4.81. The van der Waals surface area contributed by atoms with E-state index in [0.717, 1.165) is 5.71 Å². The monoisotopic (exact) mass is 172 g/mol. The van der Waals surface area contributed by atoms with Gasteiger partial charge in [0.1, 0.15) is 0 Å². The zero-order valence-electron chi connectivity index (χ0n) is 9.13. The highest BCUT2D eigenvalue weighted by Gasteiger charge is 2.24. The maximum Gasteiger partial charge on any atom is 0.209 e. The van der Waals surface area contributed by atoms with E-state index in [-0.39, 0.29) is 6.04 Å². The minimum atomic E-state index is 0.171. The lowest BCUT2D eigenvalue weighted by atomic mass is 9.97. The molecule has 0 unspecified atom stereocenters. The Kier molecular flexibility index (Phi) is 4.29. The van der Waals surface area contributed by atoms with Crippen LogP contribution in [0.15, 0.2) is 0 Å². The predicted octanol–water partition coefficient (Wildman–Crippen LogP) is 2.55. The van der Waals surface area contributed by atoms with Crippen LogP contribution in [0.3, 0.4) is 0 Å². The Morgan fingerprint density at radius 1 is 0.917 bits per heavy atom. The van der Waals surface area contributed by atoms with Crippen molar-refractivity contribution in [3.05, 3.63) is 0 Å². The molecule has 0 aliphatic carbocycles. The molecule has 0 amide bonds. The van der Waals surface area contributed by atoms with Gasteiger partial charge in [0.05, 0.1) is 0 Å². The van der Waals surface area contributed by atoms with Crippen molar-refractivity contribution >= 4 is 5.71 Å². The highest BCUT2D eigenvalue weighted by atomic mass is 16.5. The molecule has 0 rings (SSSR count). The fraction of sp³-hybridized carbons (Fsp3) is 0.900. The Morgan fingerprint density at radius 2 is 1.25 bits per heavy atom. The van der Waals surface area contributed by atoms with Crippen molar-refractivity contribution < 1.29 is 9.95 Å². The van der Waals surface area contributed by atoms with Crippen LogP contribution in [0.4, 0.5) is 0 Å². The van der Waals surface area contributed by atoms with Crippen molar-refractivity contribution in [2.24, 2.45) is 11.8 Å². The van der Waals surface area contributed by atoms with Gasteiger partial charge in [-0.1, -0.05) is 27.7 Å². The van der Waals surface area contributed by atoms with Crippen molar-refractivity contribution in [3.8, 4) is 0 Å². The molecule has 0 fully saturated rings. The molecule has 0 aliphatic rings. The molecule has 0 aliphatic heterocycles. The van der Waals surface area contributed by atoms with Crippen molar-refractivity contribution in [2.45, 2.75) is 47.6 Å². The average Bonchev–Trinajstić information content (AvgIpc) is 1.85. The minimum Gasteiger partial charge on any atom is -0.291 e. The van der Waals surface area contributed by atoms with Gasteiger partial charge in [0, 0.05) is 25.7 Å². The maximum absolute atomic E-state index is 9.72. The van der Waals surface area contributed by atoms with Crippen LogP contribution in [0.1, 0.15) is 41.5 Å². The first-order valence-electron chi connectivity index (χ1n) is 4.72. The molecule has 0 aromatic rings. The second-order valence-electron chi connectivity index (χ2n) is 4.17. The van der Waals surface area contributed by atoms with Crippen LogP contribution in [0, 0.1) is 11.8 Å². The van der Waals surface area contributed by atoms with Crippen molar-refractivity contribution in [1.82, 2.24) is 0 Å². The molecule has 0 saturated heterocycles. The normalized spacial score (nSPS) is 11.4. The molecule has 2 nitrogen and oxygen atoms in total. The number of rotatable bonds is 3. The van der Waals surface area contributed by atoms with E-state index in [1.54, 1.807) is 0 Å². The molecule has 0 spiro atoms. The van der Waals surface area contributed by atoms with E-state index < -0.39 is 0 Å². The van der Waals surface area contributed by atoms with Gasteiger partial charge < -0.3 is 0 Å². The third-order valence-electron chi connectivity index (χ3n) is 1.94. The molecule has 2 heteroatoms. The van der Waals surface area contributed by atoms with Gasteiger partial charge in [-0.2, -0.15) is 0 Å². The van der Waals surface area contributed by atoms with Crippen LogP contribution < -0.4 is 0 Å². The molecule has 1 N–H and O–H groups in total. The topological polar surface area (TPSA) is 23.2 Å². The first-order chi connectivity index (χ1) is 5.37. The summed E-state index contributed by atoms with van der Waals surface area (Å²) in [4.78, 5) is 0. The van der Waals surface area contributed by atoms with E-state index in [1.165, 1.54) is 4.74 Å². The second-order valence-corrected chi connectivity index (χ2v) is 4.17.